The molecule has 0 spiro atoms. The molecule has 1 atom stereocenters. The van der Waals surface area contributed by atoms with Gasteiger partial charge in [-0.25, -0.2) is 4.39 Å². The maximum atomic E-state index is 13.5. The molecule has 3 aromatic rings. The summed E-state index contributed by atoms with van der Waals surface area (Å²) in [6, 6.07) is 14.4. The third-order valence-corrected chi connectivity index (χ3v) is 5.63. The minimum Gasteiger partial charge on any atom is -0.349 e. The van der Waals surface area contributed by atoms with Gasteiger partial charge in [0.1, 0.15) is 5.82 Å². The number of thiophene rings is 1. The first kappa shape index (κ1) is 17.6. The highest BCUT2D eigenvalue weighted by Crippen LogP contribution is 2.30. The van der Waals surface area contributed by atoms with E-state index in [1.807, 2.05) is 56.3 Å². The molecule has 1 heterocycles. The van der Waals surface area contributed by atoms with Crippen LogP contribution in [0.5, 0.6) is 0 Å². The first-order valence-electron chi connectivity index (χ1n) is 8.15. The van der Waals surface area contributed by atoms with E-state index < -0.39 is 0 Å². The molecular formula is C20H21FN2OS. The van der Waals surface area contributed by atoms with Crippen molar-refractivity contribution in [1.29, 1.82) is 0 Å². The maximum absolute atomic E-state index is 13.5. The van der Waals surface area contributed by atoms with Crippen molar-refractivity contribution in [3.05, 3.63) is 70.4 Å². The number of rotatable bonds is 5. The van der Waals surface area contributed by atoms with Crippen LogP contribution in [0.1, 0.15) is 26.8 Å². The molecule has 0 aliphatic heterocycles. The maximum Gasteiger partial charge on any atom is 0.261 e. The van der Waals surface area contributed by atoms with Crippen molar-refractivity contribution < 1.29 is 9.18 Å². The molecule has 0 aliphatic rings. The lowest BCUT2D eigenvalue weighted by Crippen LogP contribution is -2.34. The SMILES string of the molecule is Cc1c(C(=O)NCC(c2cccc(F)c2)N(C)C)sc2ccccc12. The first-order chi connectivity index (χ1) is 12.0. The second-order valence-corrected chi connectivity index (χ2v) is 7.35. The van der Waals surface area contributed by atoms with E-state index in [-0.39, 0.29) is 17.8 Å². The van der Waals surface area contributed by atoms with E-state index in [4.69, 9.17) is 0 Å². The Hall–Kier alpha value is -2.24. The number of aryl methyl sites for hydroxylation is 1. The topological polar surface area (TPSA) is 32.3 Å². The van der Waals surface area contributed by atoms with E-state index in [1.165, 1.54) is 23.5 Å². The lowest BCUT2D eigenvalue weighted by molar-refractivity contribution is 0.0945. The smallest absolute Gasteiger partial charge is 0.261 e. The van der Waals surface area contributed by atoms with Crippen molar-refractivity contribution >= 4 is 27.3 Å². The second-order valence-electron chi connectivity index (χ2n) is 6.30. The Bertz CT molecular complexity index is 904. The highest BCUT2D eigenvalue weighted by molar-refractivity contribution is 7.21. The highest BCUT2D eigenvalue weighted by Gasteiger charge is 2.19. The molecule has 0 radical (unpaired) electrons. The van der Waals surface area contributed by atoms with Gasteiger partial charge < -0.3 is 10.2 Å². The molecule has 1 N–H and O–H groups in total. The molecule has 3 nitrogen and oxygen atoms in total. The number of benzene rings is 2. The van der Waals surface area contributed by atoms with E-state index in [0.29, 0.717) is 6.54 Å². The van der Waals surface area contributed by atoms with Crippen molar-refractivity contribution in [2.45, 2.75) is 13.0 Å². The van der Waals surface area contributed by atoms with Crippen LogP contribution in [0.4, 0.5) is 4.39 Å². The summed E-state index contributed by atoms with van der Waals surface area (Å²) in [7, 11) is 3.85. The van der Waals surface area contributed by atoms with Gasteiger partial charge in [-0.15, -0.1) is 11.3 Å². The summed E-state index contributed by atoms with van der Waals surface area (Å²) < 4.78 is 14.6. The molecule has 130 valence electrons. The number of carbonyl (C=O) groups excluding carboxylic acids is 1. The standard InChI is InChI=1S/C20H21FN2OS/c1-13-16-9-4-5-10-18(16)25-19(13)20(24)22-12-17(23(2)3)14-7-6-8-15(21)11-14/h4-11,17H,12H2,1-3H3,(H,22,24). The summed E-state index contributed by atoms with van der Waals surface area (Å²) in [4.78, 5) is 15.4. The molecule has 25 heavy (non-hydrogen) atoms. The third kappa shape index (κ3) is 3.72. The van der Waals surface area contributed by atoms with E-state index in [1.54, 1.807) is 6.07 Å². The van der Waals surface area contributed by atoms with E-state index in [0.717, 1.165) is 26.1 Å². The number of fused-ring (bicyclic) bond motifs is 1. The van der Waals surface area contributed by atoms with Gasteiger partial charge >= 0.3 is 0 Å². The van der Waals surface area contributed by atoms with Crippen LogP contribution in [0.25, 0.3) is 10.1 Å². The van der Waals surface area contributed by atoms with Gasteiger partial charge in [-0.2, -0.15) is 0 Å². The lowest BCUT2D eigenvalue weighted by Gasteiger charge is -2.25. The van der Waals surface area contributed by atoms with Crippen LogP contribution in [0.3, 0.4) is 0 Å². The van der Waals surface area contributed by atoms with E-state index in [9.17, 15) is 9.18 Å². The van der Waals surface area contributed by atoms with Crippen molar-refractivity contribution in [2.75, 3.05) is 20.6 Å². The zero-order chi connectivity index (χ0) is 18.0. The lowest BCUT2D eigenvalue weighted by atomic mass is 10.1. The predicted molar refractivity (Wildman–Crippen MR) is 102 cm³/mol. The molecule has 0 aliphatic carbocycles. The Labute approximate surface area is 151 Å². The Morgan fingerprint density at radius 3 is 2.64 bits per heavy atom. The number of carbonyl (C=O) groups is 1. The molecule has 1 unspecified atom stereocenters. The molecule has 0 bridgehead atoms. The van der Waals surface area contributed by atoms with Gasteiger partial charge in [-0.3, -0.25) is 4.79 Å². The number of hydrogen-bond acceptors (Lipinski definition) is 3. The Morgan fingerprint density at radius 1 is 1.20 bits per heavy atom. The number of halogens is 1. The molecule has 2 aromatic carbocycles. The van der Waals surface area contributed by atoms with Crippen LogP contribution in [0.15, 0.2) is 48.5 Å². The van der Waals surface area contributed by atoms with Gasteiger partial charge in [-0.05, 0) is 55.7 Å². The van der Waals surface area contributed by atoms with Gasteiger partial charge in [0.25, 0.3) is 5.91 Å². The van der Waals surface area contributed by atoms with Crippen LogP contribution in [0, 0.1) is 12.7 Å². The summed E-state index contributed by atoms with van der Waals surface area (Å²) in [5, 5.41) is 4.13. The fourth-order valence-corrected chi connectivity index (χ4v) is 4.10. The van der Waals surface area contributed by atoms with Gasteiger partial charge in [0.2, 0.25) is 0 Å². The minimum absolute atomic E-state index is 0.0815. The molecule has 0 fully saturated rings. The van der Waals surface area contributed by atoms with Crippen molar-refractivity contribution in [1.82, 2.24) is 10.2 Å². The molecule has 0 saturated heterocycles. The summed E-state index contributed by atoms with van der Waals surface area (Å²) in [5.41, 5.74) is 1.85. The van der Waals surface area contributed by atoms with Crippen molar-refractivity contribution in [3.63, 3.8) is 0 Å². The number of likely N-dealkylation sites (N-methyl/N-ethyl adjacent to an activating group) is 1. The van der Waals surface area contributed by atoms with Gasteiger partial charge in [0.15, 0.2) is 0 Å². The minimum atomic E-state index is -0.268. The molecular weight excluding hydrogens is 335 g/mol. The van der Waals surface area contributed by atoms with E-state index in [2.05, 4.69) is 5.32 Å². The largest absolute Gasteiger partial charge is 0.349 e. The average molecular weight is 356 g/mol. The molecule has 1 amide bonds. The van der Waals surface area contributed by atoms with Crippen LogP contribution in [0.2, 0.25) is 0 Å². The van der Waals surface area contributed by atoms with Crippen LogP contribution in [-0.2, 0) is 0 Å². The van der Waals surface area contributed by atoms with Gasteiger partial charge in [0.05, 0.1) is 10.9 Å². The zero-order valence-electron chi connectivity index (χ0n) is 14.5. The van der Waals surface area contributed by atoms with Crippen LogP contribution < -0.4 is 5.32 Å². The summed E-state index contributed by atoms with van der Waals surface area (Å²) >= 11 is 1.50. The summed E-state index contributed by atoms with van der Waals surface area (Å²) in [6.45, 7) is 2.40. The zero-order valence-corrected chi connectivity index (χ0v) is 15.4. The Morgan fingerprint density at radius 2 is 1.96 bits per heavy atom. The Kier molecular flexibility index (Phi) is 5.16. The highest BCUT2D eigenvalue weighted by atomic mass is 32.1. The monoisotopic (exact) mass is 356 g/mol. The molecule has 0 saturated carbocycles. The second kappa shape index (κ2) is 7.33. The first-order valence-corrected chi connectivity index (χ1v) is 8.97. The summed E-state index contributed by atoms with van der Waals surface area (Å²) in [6.07, 6.45) is 0. The molecule has 1 aromatic heterocycles. The fraction of sp³-hybridized carbons (Fsp3) is 0.250. The predicted octanol–water partition coefficient (Wildman–Crippen LogP) is 4.38. The summed E-state index contributed by atoms with van der Waals surface area (Å²) in [5.74, 6) is -0.349. The number of hydrogen-bond donors (Lipinski definition) is 1. The molecule has 3 rings (SSSR count). The Balaban J connectivity index is 1.78. The number of amides is 1. The quantitative estimate of drug-likeness (QED) is 0.736. The van der Waals surface area contributed by atoms with Crippen LogP contribution in [-0.4, -0.2) is 31.4 Å². The van der Waals surface area contributed by atoms with Crippen LogP contribution >= 0.6 is 11.3 Å². The number of nitrogens with zero attached hydrogens (tertiary/aromatic N) is 1. The van der Waals surface area contributed by atoms with Crippen molar-refractivity contribution in [3.8, 4) is 0 Å². The average Bonchev–Trinajstić information content (AvgIpc) is 2.92. The van der Waals surface area contributed by atoms with Crippen molar-refractivity contribution in [2.24, 2.45) is 0 Å². The molecule has 5 heteroatoms. The van der Waals surface area contributed by atoms with Gasteiger partial charge in [-0.1, -0.05) is 30.3 Å². The normalized spacial score (nSPS) is 12.5. The number of nitrogens with one attached hydrogen (secondary N) is 1. The van der Waals surface area contributed by atoms with E-state index >= 15 is 0 Å². The third-order valence-electron chi connectivity index (χ3n) is 4.36. The van der Waals surface area contributed by atoms with Gasteiger partial charge in [0, 0.05) is 11.2 Å². The fourth-order valence-electron chi connectivity index (χ4n) is 2.97.